The normalized spacial score (nSPS) is 16.5. The van der Waals surface area contributed by atoms with E-state index in [-0.39, 0.29) is 0 Å². The van der Waals surface area contributed by atoms with Crippen LogP contribution >= 0.6 is 11.8 Å². The number of anilines is 2. The van der Waals surface area contributed by atoms with E-state index in [1.54, 1.807) is 11.8 Å². The zero-order valence-corrected chi connectivity index (χ0v) is 15.3. The van der Waals surface area contributed by atoms with Crippen molar-refractivity contribution in [2.24, 2.45) is 0 Å². The lowest BCUT2D eigenvalue weighted by atomic mass is 10.2. The molecule has 1 fully saturated rings. The number of nitrogens with two attached hydrogens (primary N) is 2. The Bertz CT molecular complexity index is 705. The maximum Gasteiger partial charge on any atom is 0.133 e. The van der Waals surface area contributed by atoms with E-state index in [0.717, 1.165) is 41.8 Å². The first-order valence-corrected chi connectivity index (χ1v) is 9.31. The lowest BCUT2D eigenvalue weighted by Crippen LogP contribution is -2.44. The van der Waals surface area contributed by atoms with Gasteiger partial charge < -0.3 is 20.9 Å². The van der Waals surface area contributed by atoms with Gasteiger partial charge in [0.05, 0.1) is 29.5 Å². The van der Waals surface area contributed by atoms with E-state index >= 15 is 0 Å². The Hall–Kier alpha value is -1.89. The van der Waals surface area contributed by atoms with Crippen LogP contribution in [0, 0.1) is 0 Å². The summed E-state index contributed by atoms with van der Waals surface area (Å²) >= 11 is 1.63. The van der Waals surface area contributed by atoms with E-state index in [1.807, 2.05) is 36.4 Å². The molecule has 25 heavy (non-hydrogen) atoms. The van der Waals surface area contributed by atoms with Gasteiger partial charge in [-0.2, -0.15) is 0 Å². The molecule has 6 heteroatoms. The standard InChI is InChI=1S/C19H25N3O2S/c1-14(22-8-10-23-11-9-22)13-24-18-4-2-3-5-19(18)25-15-6-7-16(20)17(21)12-15/h2-7,12,14H,8-11,13,20-21H2,1H3. The third-order valence-corrected chi connectivity index (χ3v) is 5.33. The number of ether oxygens (including phenoxy) is 2. The molecule has 1 unspecified atom stereocenters. The van der Waals surface area contributed by atoms with E-state index < -0.39 is 0 Å². The second-order valence-corrected chi connectivity index (χ2v) is 7.26. The number of para-hydroxylation sites is 1. The first kappa shape index (κ1) is 17.9. The largest absolute Gasteiger partial charge is 0.491 e. The van der Waals surface area contributed by atoms with Crippen LogP contribution in [0.25, 0.3) is 0 Å². The van der Waals surface area contributed by atoms with E-state index in [2.05, 4.69) is 17.9 Å². The fourth-order valence-corrected chi connectivity index (χ4v) is 3.68. The summed E-state index contributed by atoms with van der Waals surface area (Å²) in [7, 11) is 0. The average Bonchev–Trinajstić information content (AvgIpc) is 2.64. The number of benzene rings is 2. The van der Waals surface area contributed by atoms with Gasteiger partial charge in [-0.15, -0.1) is 0 Å². The summed E-state index contributed by atoms with van der Waals surface area (Å²) in [5, 5.41) is 0. The van der Waals surface area contributed by atoms with Crippen molar-refractivity contribution in [3.63, 3.8) is 0 Å². The van der Waals surface area contributed by atoms with E-state index in [9.17, 15) is 0 Å². The molecule has 2 aromatic rings. The number of rotatable bonds is 6. The molecule has 1 aliphatic heterocycles. The Balaban J connectivity index is 1.65. The fourth-order valence-electron chi connectivity index (χ4n) is 2.73. The van der Waals surface area contributed by atoms with Crippen LogP contribution in [0.1, 0.15) is 6.92 Å². The highest BCUT2D eigenvalue weighted by atomic mass is 32.2. The maximum absolute atomic E-state index is 6.12. The average molecular weight is 359 g/mol. The number of hydrogen-bond acceptors (Lipinski definition) is 6. The lowest BCUT2D eigenvalue weighted by Gasteiger charge is -2.32. The highest BCUT2D eigenvalue weighted by molar-refractivity contribution is 7.99. The minimum atomic E-state index is 0.356. The van der Waals surface area contributed by atoms with Gasteiger partial charge in [-0.05, 0) is 37.3 Å². The highest BCUT2D eigenvalue weighted by Gasteiger charge is 2.18. The van der Waals surface area contributed by atoms with Gasteiger partial charge in [0.2, 0.25) is 0 Å². The van der Waals surface area contributed by atoms with Crippen LogP contribution in [0.2, 0.25) is 0 Å². The molecular weight excluding hydrogens is 334 g/mol. The summed E-state index contributed by atoms with van der Waals surface area (Å²) in [6.07, 6.45) is 0. The topological polar surface area (TPSA) is 73.7 Å². The molecule has 1 heterocycles. The quantitative estimate of drug-likeness (QED) is 0.772. The highest BCUT2D eigenvalue weighted by Crippen LogP contribution is 2.36. The van der Waals surface area contributed by atoms with Gasteiger partial charge in [-0.3, -0.25) is 4.90 Å². The van der Waals surface area contributed by atoms with Gasteiger partial charge in [0.15, 0.2) is 0 Å². The van der Waals surface area contributed by atoms with Crippen LogP contribution in [0.4, 0.5) is 11.4 Å². The Morgan fingerprint density at radius 2 is 1.88 bits per heavy atom. The van der Waals surface area contributed by atoms with Crippen LogP contribution in [-0.4, -0.2) is 43.9 Å². The number of hydrogen-bond donors (Lipinski definition) is 2. The zero-order valence-electron chi connectivity index (χ0n) is 14.5. The van der Waals surface area contributed by atoms with Gasteiger partial charge in [-0.1, -0.05) is 23.9 Å². The summed E-state index contributed by atoms with van der Waals surface area (Å²) in [4.78, 5) is 4.52. The first-order chi connectivity index (χ1) is 12.1. The predicted octanol–water partition coefficient (Wildman–Crippen LogP) is 3.10. The van der Waals surface area contributed by atoms with Crippen molar-refractivity contribution < 1.29 is 9.47 Å². The molecule has 134 valence electrons. The SMILES string of the molecule is CC(COc1ccccc1Sc1ccc(N)c(N)c1)N1CCOCC1. The van der Waals surface area contributed by atoms with Crippen molar-refractivity contribution in [2.75, 3.05) is 44.4 Å². The van der Waals surface area contributed by atoms with Crippen molar-refractivity contribution in [2.45, 2.75) is 22.8 Å². The van der Waals surface area contributed by atoms with Crippen molar-refractivity contribution >= 4 is 23.1 Å². The molecule has 0 amide bonds. The van der Waals surface area contributed by atoms with E-state index in [1.165, 1.54) is 0 Å². The summed E-state index contributed by atoms with van der Waals surface area (Å²) in [6.45, 7) is 6.38. The molecule has 0 radical (unpaired) electrons. The first-order valence-electron chi connectivity index (χ1n) is 8.50. The van der Waals surface area contributed by atoms with Gasteiger partial charge >= 0.3 is 0 Å². The minimum Gasteiger partial charge on any atom is -0.491 e. The molecule has 0 aromatic heterocycles. The smallest absolute Gasteiger partial charge is 0.133 e. The minimum absolute atomic E-state index is 0.356. The van der Waals surface area contributed by atoms with Crippen molar-refractivity contribution in [3.05, 3.63) is 42.5 Å². The van der Waals surface area contributed by atoms with Gasteiger partial charge in [0.25, 0.3) is 0 Å². The molecule has 0 bridgehead atoms. The number of morpholine rings is 1. The van der Waals surface area contributed by atoms with Crippen molar-refractivity contribution in [1.29, 1.82) is 0 Å². The molecule has 4 N–H and O–H groups in total. The number of nitrogen functional groups attached to an aromatic ring is 2. The van der Waals surface area contributed by atoms with E-state index in [4.69, 9.17) is 20.9 Å². The Morgan fingerprint density at radius 1 is 1.12 bits per heavy atom. The monoisotopic (exact) mass is 359 g/mol. The molecule has 0 aliphatic carbocycles. The number of nitrogens with zero attached hydrogens (tertiary/aromatic N) is 1. The summed E-state index contributed by atoms with van der Waals surface area (Å²) < 4.78 is 11.5. The molecule has 0 spiro atoms. The van der Waals surface area contributed by atoms with Gasteiger partial charge in [-0.25, -0.2) is 0 Å². The third-order valence-electron chi connectivity index (χ3n) is 4.28. The maximum atomic E-state index is 6.12. The summed E-state index contributed by atoms with van der Waals surface area (Å²) in [6, 6.07) is 14.1. The zero-order chi connectivity index (χ0) is 17.6. The van der Waals surface area contributed by atoms with Gasteiger partial charge in [0, 0.05) is 24.0 Å². The van der Waals surface area contributed by atoms with E-state index in [0.29, 0.717) is 24.0 Å². The molecule has 5 nitrogen and oxygen atoms in total. The van der Waals surface area contributed by atoms with Crippen LogP contribution in [0.5, 0.6) is 5.75 Å². The van der Waals surface area contributed by atoms with Crippen LogP contribution in [-0.2, 0) is 4.74 Å². The Kier molecular flexibility index (Phi) is 6.07. The van der Waals surface area contributed by atoms with Gasteiger partial charge in [0.1, 0.15) is 12.4 Å². The van der Waals surface area contributed by atoms with Crippen LogP contribution in [0.15, 0.2) is 52.3 Å². The Labute approximate surface area is 153 Å². The van der Waals surface area contributed by atoms with Crippen molar-refractivity contribution in [3.8, 4) is 5.75 Å². The second-order valence-electron chi connectivity index (χ2n) is 6.15. The third kappa shape index (κ3) is 4.81. The van der Waals surface area contributed by atoms with Crippen LogP contribution in [0.3, 0.4) is 0 Å². The van der Waals surface area contributed by atoms with Crippen LogP contribution < -0.4 is 16.2 Å². The molecule has 1 aliphatic rings. The fraction of sp³-hybridized carbons (Fsp3) is 0.368. The lowest BCUT2D eigenvalue weighted by molar-refractivity contribution is 0.0103. The molecule has 0 saturated carbocycles. The van der Waals surface area contributed by atoms with Crippen molar-refractivity contribution in [1.82, 2.24) is 4.90 Å². The molecular formula is C19H25N3O2S. The molecule has 1 saturated heterocycles. The molecule has 2 aromatic carbocycles. The summed E-state index contributed by atoms with van der Waals surface area (Å²) in [5.41, 5.74) is 12.9. The Morgan fingerprint density at radius 3 is 2.64 bits per heavy atom. The predicted molar refractivity (Wildman–Crippen MR) is 103 cm³/mol. The summed E-state index contributed by atoms with van der Waals surface area (Å²) in [5.74, 6) is 0.892. The molecule has 1 atom stereocenters. The molecule has 3 rings (SSSR count). The second kappa shape index (κ2) is 8.47.